The topological polar surface area (TPSA) is 54.7 Å². The van der Waals surface area contributed by atoms with E-state index in [4.69, 9.17) is 9.15 Å². The fourth-order valence-corrected chi connectivity index (χ4v) is 3.09. The van der Waals surface area contributed by atoms with Crippen molar-refractivity contribution in [2.75, 3.05) is 26.2 Å². The van der Waals surface area contributed by atoms with Gasteiger partial charge < -0.3 is 14.5 Å². The number of halogens is 1. The summed E-state index contributed by atoms with van der Waals surface area (Å²) >= 11 is 0. The highest BCUT2D eigenvalue weighted by Gasteiger charge is 2.24. The van der Waals surface area contributed by atoms with Crippen LogP contribution in [0.2, 0.25) is 0 Å². The van der Waals surface area contributed by atoms with Gasteiger partial charge in [-0.1, -0.05) is 18.6 Å². The fourth-order valence-electron chi connectivity index (χ4n) is 3.09. The van der Waals surface area contributed by atoms with Crippen LogP contribution in [-0.4, -0.2) is 37.0 Å². The minimum Gasteiger partial charge on any atom is -0.481 e. The number of furan rings is 1. The second-order valence-electron chi connectivity index (χ2n) is 6.15. The molecule has 1 aromatic carbocycles. The van der Waals surface area contributed by atoms with E-state index in [2.05, 4.69) is 10.2 Å². The van der Waals surface area contributed by atoms with Crippen molar-refractivity contribution in [2.45, 2.75) is 25.3 Å². The third-order valence-electron chi connectivity index (χ3n) is 4.39. The van der Waals surface area contributed by atoms with Crippen LogP contribution in [0.1, 0.15) is 31.1 Å². The first-order valence-electron chi connectivity index (χ1n) is 8.65. The molecule has 1 fully saturated rings. The lowest BCUT2D eigenvalue weighted by Gasteiger charge is -2.33. The van der Waals surface area contributed by atoms with Crippen LogP contribution in [0.15, 0.2) is 47.1 Å². The van der Waals surface area contributed by atoms with E-state index in [-0.39, 0.29) is 24.3 Å². The van der Waals surface area contributed by atoms with Crippen LogP contribution in [0, 0.1) is 5.82 Å². The highest BCUT2D eigenvalue weighted by molar-refractivity contribution is 5.77. The number of ether oxygens (including phenoxy) is 1. The molecule has 3 rings (SSSR count). The first-order valence-corrected chi connectivity index (χ1v) is 8.65. The minimum atomic E-state index is -0.475. The molecule has 1 aromatic heterocycles. The molecule has 6 heteroatoms. The van der Waals surface area contributed by atoms with Crippen molar-refractivity contribution in [3.05, 3.63) is 54.2 Å². The Kier molecular flexibility index (Phi) is 6.06. The SMILES string of the molecule is O=C(COc1ccccc1F)NCC(c1ccco1)N1CCCCC1. The standard InChI is InChI=1S/C19H23FN2O3/c20-15-7-2-3-8-17(15)25-14-19(23)21-13-16(18-9-6-12-24-18)22-10-4-1-5-11-22/h2-3,6-9,12,16H,1,4-5,10-11,13-14H2,(H,21,23). The van der Waals surface area contributed by atoms with E-state index in [0.29, 0.717) is 6.54 Å². The molecule has 5 nitrogen and oxygen atoms in total. The van der Waals surface area contributed by atoms with Gasteiger partial charge in [0.1, 0.15) is 5.76 Å². The van der Waals surface area contributed by atoms with E-state index < -0.39 is 5.82 Å². The molecule has 1 aliphatic rings. The second-order valence-corrected chi connectivity index (χ2v) is 6.15. The molecule has 1 amide bonds. The second kappa shape index (κ2) is 8.67. The van der Waals surface area contributed by atoms with Gasteiger partial charge in [-0.15, -0.1) is 0 Å². The monoisotopic (exact) mass is 346 g/mol. The molecule has 0 bridgehead atoms. The molecule has 1 atom stereocenters. The average Bonchev–Trinajstić information content (AvgIpc) is 3.16. The number of nitrogens with one attached hydrogen (secondary N) is 1. The molecule has 2 heterocycles. The number of carbonyl (C=O) groups excluding carboxylic acids is 1. The van der Waals surface area contributed by atoms with Crippen molar-refractivity contribution in [3.8, 4) is 5.75 Å². The normalized spacial score (nSPS) is 16.4. The summed E-state index contributed by atoms with van der Waals surface area (Å²) in [6, 6.07) is 9.84. The van der Waals surface area contributed by atoms with Crippen LogP contribution in [0.3, 0.4) is 0 Å². The van der Waals surface area contributed by atoms with E-state index in [1.165, 1.54) is 18.6 Å². The van der Waals surface area contributed by atoms with Gasteiger partial charge in [-0.3, -0.25) is 9.69 Å². The molecule has 0 saturated carbocycles. The van der Waals surface area contributed by atoms with E-state index in [1.54, 1.807) is 18.4 Å². The lowest BCUT2D eigenvalue weighted by Crippen LogP contribution is -2.41. The van der Waals surface area contributed by atoms with Crippen LogP contribution < -0.4 is 10.1 Å². The molecule has 0 spiro atoms. The Morgan fingerprint density at radius 3 is 2.72 bits per heavy atom. The highest BCUT2D eigenvalue weighted by atomic mass is 19.1. The number of hydrogen-bond donors (Lipinski definition) is 1. The van der Waals surface area contributed by atoms with Gasteiger partial charge in [0.05, 0.1) is 12.3 Å². The maximum absolute atomic E-state index is 13.5. The van der Waals surface area contributed by atoms with E-state index in [9.17, 15) is 9.18 Å². The molecule has 25 heavy (non-hydrogen) atoms. The van der Waals surface area contributed by atoms with Crippen molar-refractivity contribution >= 4 is 5.91 Å². The van der Waals surface area contributed by atoms with Crippen LogP contribution in [0.4, 0.5) is 4.39 Å². The molecule has 134 valence electrons. The zero-order valence-corrected chi connectivity index (χ0v) is 14.1. The van der Waals surface area contributed by atoms with E-state index in [1.807, 2.05) is 12.1 Å². The molecular weight excluding hydrogens is 323 g/mol. The summed E-state index contributed by atoms with van der Waals surface area (Å²) in [7, 11) is 0. The van der Waals surface area contributed by atoms with Crippen molar-refractivity contribution in [2.24, 2.45) is 0 Å². The number of benzene rings is 1. The fraction of sp³-hybridized carbons (Fsp3) is 0.421. The molecule has 1 unspecified atom stereocenters. The number of piperidine rings is 1. The molecule has 1 aliphatic heterocycles. The van der Waals surface area contributed by atoms with Crippen molar-refractivity contribution in [3.63, 3.8) is 0 Å². The number of amides is 1. The van der Waals surface area contributed by atoms with Gasteiger partial charge in [-0.05, 0) is 50.2 Å². The number of likely N-dealkylation sites (tertiary alicyclic amines) is 1. The van der Waals surface area contributed by atoms with Crippen LogP contribution in [-0.2, 0) is 4.79 Å². The lowest BCUT2D eigenvalue weighted by atomic mass is 10.1. The quantitative estimate of drug-likeness (QED) is 0.837. The van der Waals surface area contributed by atoms with Gasteiger partial charge in [0.15, 0.2) is 18.2 Å². The summed E-state index contributed by atoms with van der Waals surface area (Å²) in [5, 5.41) is 2.87. The number of nitrogens with zero attached hydrogens (tertiary/aromatic N) is 1. The zero-order chi connectivity index (χ0) is 17.5. The maximum atomic E-state index is 13.5. The number of carbonyl (C=O) groups is 1. The molecule has 2 aromatic rings. The van der Waals surface area contributed by atoms with Crippen molar-refractivity contribution in [1.82, 2.24) is 10.2 Å². The maximum Gasteiger partial charge on any atom is 0.258 e. The smallest absolute Gasteiger partial charge is 0.258 e. The van der Waals surface area contributed by atoms with Crippen LogP contribution >= 0.6 is 0 Å². The Morgan fingerprint density at radius 2 is 2.00 bits per heavy atom. The van der Waals surface area contributed by atoms with Gasteiger partial charge in [-0.2, -0.15) is 0 Å². The third kappa shape index (κ3) is 4.82. The third-order valence-corrected chi connectivity index (χ3v) is 4.39. The Bertz CT molecular complexity index is 669. The summed E-state index contributed by atoms with van der Waals surface area (Å²) in [5.41, 5.74) is 0. The Labute approximate surface area is 146 Å². The molecule has 1 N–H and O–H groups in total. The van der Waals surface area contributed by atoms with Gasteiger partial charge in [-0.25, -0.2) is 4.39 Å². The highest BCUT2D eigenvalue weighted by Crippen LogP contribution is 2.24. The first-order chi connectivity index (χ1) is 12.2. The summed E-state index contributed by atoms with van der Waals surface area (Å²) in [4.78, 5) is 14.4. The minimum absolute atomic E-state index is 0.00714. The Morgan fingerprint density at radius 1 is 1.20 bits per heavy atom. The number of rotatable bonds is 7. The average molecular weight is 346 g/mol. The first kappa shape index (κ1) is 17.5. The van der Waals surface area contributed by atoms with Crippen LogP contribution in [0.25, 0.3) is 0 Å². The molecule has 0 aliphatic carbocycles. The summed E-state index contributed by atoms with van der Waals surface area (Å²) in [6.07, 6.45) is 5.20. The van der Waals surface area contributed by atoms with Gasteiger partial charge in [0.2, 0.25) is 0 Å². The predicted molar refractivity (Wildman–Crippen MR) is 91.8 cm³/mol. The van der Waals surface area contributed by atoms with Gasteiger partial charge >= 0.3 is 0 Å². The Hall–Kier alpha value is -2.34. The molecule has 0 radical (unpaired) electrons. The Balaban J connectivity index is 1.53. The van der Waals surface area contributed by atoms with Gasteiger partial charge in [0.25, 0.3) is 5.91 Å². The summed E-state index contributed by atoms with van der Waals surface area (Å²) < 4.78 is 24.3. The van der Waals surface area contributed by atoms with Crippen LogP contribution in [0.5, 0.6) is 5.75 Å². The molecular formula is C19H23FN2O3. The van der Waals surface area contributed by atoms with Crippen molar-refractivity contribution < 1.29 is 18.3 Å². The predicted octanol–water partition coefficient (Wildman–Crippen LogP) is 3.14. The van der Waals surface area contributed by atoms with E-state index in [0.717, 1.165) is 31.7 Å². The molecule has 1 saturated heterocycles. The largest absolute Gasteiger partial charge is 0.481 e. The number of hydrogen-bond acceptors (Lipinski definition) is 4. The van der Waals surface area contributed by atoms with Crippen molar-refractivity contribution in [1.29, 1.82) is 0 Å². The zero-order valence-electron chi connectivity index (χ0n) is 14.1. The van der Waals surface area contributed by atoms with Gasteiger partial charge in [0, 0.05) is 6.54 Å². The summed E-state index contributed by atoms with van der Waals surface area (Å²) in [5.74, 6) is 0.169. The summed E-state index contributed by atoms with van der Waals surface area (Å²) in [6.45, 7) is 2.21. The number of para-hydroxylation sites is 1. The van der Waals surface area contributed by atoms with E-state index >= 15 is 0 Å². The lowest BCUT2D eigenvalue weighted by molar-refractivity contribution is -0.123.